The molecule has 0 aromatic rings. The maximum Gasteiger partial charge on any atom is 0.143 e. The summed E-state index contributed by atoms with van der Waals surface area (Å²) in [5.41, 5.74) is 5.54. The first-order valence-electron chi connectivity index (χ1n) is 4.95. The summed E-state index contributed by atoms with van der Waals surface area (Å²) >= 11 is 2.01. The Balaban J connectivity index is 2.36. The summed E-state index contributed by atoms with van der Waals surface area (Å²) in [5, 5.41) is 12.3. The van der Waals surface area contributed by atoms with Crippen molar-refractivity contribution in [1.29, 1.82) is 0 Å². The average Bonchev–Trinajstić information content (AvgIpc) is 2.16. The van der Waals surface area contributed by atoms with Crippen LogP contribution in [-0.2, 0) is 0 Å². The van der Waals surface area contributed by atoms with Crippen molar-refractivity contribution in [3.05, 3.63) is 0 Å². The van der Waals surface area contributed by atoms with Crippen LogP contribution in [0, 0.1) is 5.92 Å². The van der Waals surface area contributed by atoms with Crippen molar-refractivity contribution in [2.24, 2.45) is 16.8 Å². The molecule has 2 atom stereocenters. The topological polar surface area (TPSA) is 61.8 Å². The van der Waals surface area contributed by atoms with Gasteiger partial charge in [0, 0.05) is 36.6 Å². The highest BCUT2D eigenvalue weighted by Gasteiger charge is 2.19. The van der Waals surface area contributed by atoms with Crippen molar-refractivity contribution < 1.29 is 5.21 Å². The summed E-state index contributed by atoms with van der Waals surface area (Å²) in [6.07, 6.45) is 0. The van der Waals surface area contributed by atoms with Gasteiger partial charge in [0.15, 0.2) is 0 Å². The smallest absolute Gasteiger partial charge is 0.143 e. The molecule has 0 aliphatic carbocycles. The van der Waals surface area contributed by atoms with Crippen molar-refractivity contribution in [3.8, 4) is 0 Å². The van der Waals surface area contributed by atoms with Crippen LogP contribution in [0.3, 0.4) is 0 Å². The molecule has 1 fully saturated rings. The van der Waals surface area contributed by atoms with Gasteiger partial charge >= 0.3 is 0 Å². The lowest BCUT2D eigenvalue weighted by Gasteiger charge is -2.32. The molecule has 5 heteroatoms. The number of amidine groups is 1. The monoisotopic (exact) mass is 217 g/mol. The van der Waals surface area contributed by atoms with Gasteiger partial charge in [-0.2, -0.15) is 11.8 Å². The number of nitrogens with zero attached hydrogens (tertiary/aromatic N) is 2. The lowest BCUT2D eigenvalue weighted by Crippen LogP contribution is -2.41. The van der Waals surface area contributed by atoms with Crippen molar-refractivity contribution in [1.82, 2.24) is 4.90 Å². The Labute approximate surface area is 89.5 Å². The molecule has 1 heterocycles. The quantitative estimate of drug-likeness (QED) is 0.318. The third kappa shape index (κ3) is 3.38. The molecule has 1 rings (SSSR count). The Kier molecular flexibility index (Phi) is 4.54. The summed E-state index contributed by atoms with van der Waals surface area (Å²) in [4.78, 5) is 2.38. The molecule has 1 saturated heterocycles. The van der Waals surface area contributed by atoms with E-state index < -0.39 is 0 Å². The van der Waals surface area contributed by atoms with E-state index in [9.17, 15) is 0 Å². The molecule has 0 radical (unpaired) electrons. The summed E-state index contributed by atoms with van der Waals surface area (Å²) in [6, 6.07) is 0. The van der Waals surface area contributed by atoms with E-state index in [0.29, 0.717) is 11.1 Å². The standard InChI is InChI=1S/C9H19N3OS/c1-7(9(10)11-13)5-12-3-4-14-8(2)6-12/h7-8,13H,3-6H2,1-2H3,(H2,10,11). The van der Waals surface area contributed by atoms with E-state index in [1.165, 1.54) is 5.75 Å². The highest BCUT2D eigenvalue weighted by molar-refractivity contribution is 7.99. The summed E-state index contributed by atoms with van der Waals surface area (Å²) in [7, 11) is 0. The third-order valence-electron chi connectivity index (χ3n) is 2.48. The SMILES string of the molecule is CC1CN(CC(C)/C(N)=N/O)CCS1. The van der Waals surface area contributed by atoms with Crippen LogP contribution in [0.5, 0.6) is 0 Å². The summed E-state index contributed by atoms with van der Waals surface area (Å²) in [5.74, 6) is 1.65. The number of oxime groups is 1. The van der Waals surface area contributed by atoms with Crippen LogP contribution in [0.15, 0.2) is 5.16 Å². The predicted octanol–water partition coefficient (Wildman–Crippen LogP) is 0.806. The van der Waals surface area contributed by atoms with Crippen LogP contribution in [0.25, 0.3) is 0 Å². The van der Waals surface area contributed by atoms with Gasteiger partial charge in [-0.1, -0.05) is 19.0 Å². The lowest BCUT2D eigenvalue weighted by atomic mass is 10.1. The Morgan fingerprint density at radius 2 is 2.50 bits per heavy atom. The van der Waals surface area contributed by atoms with E-state index in [4.69, 9.17) is 10.9 Å². The zero-order valence-corrected chi connectivity index (χ0v) is 9.63. The second-order valence-corrected chi connectivity index (χ2v) is 5.41. The number of nitrogens with two attached hydrogens (primary N) is 1. The van der Waals surface area contributed by atoms with Gasteiger partial charge in [0.2, 0.25) is 0 Å². The number of rotatable bonds is 3. The first kappa shape index (κ1) is 11.7. The van der Waals surface area contributed by atoms with Crippen molar-refractivity contribution in [3.63, 3.8) is 0 Å². The van der Waals surface area contributed by atoms with Crippen LogP contribution < -0.4 is 5.73 Å². The van der Waals surface area contributed by atoms with Crippen LogP contribution in [0.2, 0.25) is 0 Å². The molecule has 0 bridgehead atoms. The van der Waals surface area contributed by atoms with Crippen molar-refractivity contribution >= 4 is 17.6 Å². The molecular formula is C9H19N3OS. The average molecular weight is 217 g/mol. The second-order valence-electron chi connectivity index (χ2n) is 3.87. The Morgan fingerprint density at radius 1 is 1.79 bits per heavy atom. The molecule has 4 nitrogen and oxygen atoms in total. The van der Waals surface area contributed by atoms with Crippen LogP contribution >= 0.6 is 11.8 Å². The summed E-state index contributed by atoms with van der Waals surface area (Å²) in [6.45, 7) is 7.33. The minimum atomic E-state index is 0.135. The summed E-state index contributed by atoms with van der Waals surface area (Å²) < 4.78 is 0. The van der Waals surface area contributed by atoms with Gasteiger partial charge in [0.25, 0.3) is 0 Å². The maximum absolute atomic E-state index is 8.53. The third-order valence-corrected chi connectivity index (χ3v) is 3.61. The maximum atomic E-state index is 8.53. The molecular weight excluding hydrogens is 198 g/mol. The largest absolute Gasteiger partial charge is 0.409 e. The molecule has 0 saturated carbocycles. The molecule has 1 aliphatic rings. The van der Waals surface area contributed by atoms with Crippen molar-refractivity contribution in [2.45, 2.75) is 19.1 Å². The van der Waals surface area contributed by atoms with Crippen LogP contribution in [0.4, 0.5) is 0 Å². The van der Waals surface area contributed by atoms with Gasteiger partial charge in [-0.15, -0.1) is 0 Å². The van der Waals surface area contributed by atoms with Crippen LogP contribution in [-0.4, -0.2) is 46.6 Å². The van der Waals surface area contributed by atoms with E-state index in [1.54, 1.807) is 0 Å². The normalized spacial score (nSPS) is 27.6. The molecule has 0 spiro atoms. The van der Waals surface area contributed by atoms with E-state index in [1.807, 2.05) is 18.7 Å². The van der Waals surface area contributed by atoms with E-state index in [-0.39, 0.29) is 5.92 Å². The number of hydrogen-bond donors (Lipinski definition) is 2. The first-order chi connectivity index (χ1) is 6.63. The fourth-order valence-corrected chi connectivity index (χ4v) is 2.72. The van der Waals surface area contributed by atoms with Crippen LogP contribution in [0.1, 0.15) is 13.8 Å². The Hall–Kier alpha value is -0.420. The first-order valence-corrected chi connectivity index (χ1v) is 5.99. The molecule has 0 amide bonds. The zero-order chi connectivity index (χ0) is 10.6. The second kappa shape index (κ2) is 5.46. The highest BCUT2D eigenvalue weighted by atomic mass is 32.2. The highest BCUT2D eigenvalue weighted by Crippen LogP contribution is 2.18. The van der Waals surface area contributed by atoms with Gasteiger partial charge in [-0.05, 0) is 0 Å². The molecule has 0 aromatic carbocycles. The predicted molar refractivity (Wildman–Crippen MR) is 60.9 cm³/mol. The molecule has 14 heavy (non-hydrogen) atoms. The molecule has 1 aliphatic heterocycles. The fourth-order valence-electron chi connectivity index (χ4n) is 1.64. The minimum absolute atomic E-state index is 0.135. The molecule has 2 unspecified atom stereocenters. The van der Waals surface area contributed by atoms with Gasteiger partial charge in [-0.3, -0.25) is 0 Å². The van der Waals surface area contributed by atoms with Gasteiger partial charge in [0.05, 0.1) is 0 Å². The lowest BCUT2D eigenvalue weighted by molar-refractivity contribution is 0.264. The molecule has 82 valence electrons. The van der Waals surface area contributed by atoms with E-state index in [0.717, 1.165) is 19.6 Å². The van der Waals surface area contributed by atoms with E-state index in [2.05, 4.69) is 17.0 Å². The zero-order valence-electron chi connectivity index (χ0n) is 8.81. The van der Waals surface area contributed by atoms with Crippen molar-refractivity contribution in [2.75, 3.05) is 25.4 Å². The number of hydrogen-bond acceptors (Lipinski definition) is 4. The Bertz CT molecular complexity index is 210. The fraction of sp³-hybridized carbons (Fsp3) is 0.889. The molecule has 0 aromatic heterocycles. The molecule has 3 N–H and O–H groups in total. The minimum Gasteiger partial charge on any atom is -0.409 e. The van der Waals surface area contributed by atoms with Gasteiger partial charge < -0.3 is 15.8 Å². The van der Waals surface area contributed by atoms with Gasteiger partial charge in [-0.25, -0.2) is 0 Å². The van der Waals surface area contributed by atoms with Gasteiger partial charge in [0.1, 0.15) is 5.84 Å². The number of thioether (sulfide) groups is 1. The van der Waals surface area contributed by atoms with E-state index >= 15 is 0 Å². The Morgan fingerprint density at radius 3 is 3.07 bits per heavy atom.